The average Bonchev–Trinajstić information content (AvgIpc) is 2.91. The average molecular weight is 335 g/mol. The fraction of sp³-hybridized carbons (Fsp3) is 0.700. The molecule has 0 radical (unpaired) electrons. The number of hydrogen-bond donors (Lipinski definition) is 0. The molecule has 0 bridgehead atoms. The molecule has 0 aliphatic heterocycles. The van der Waals surface area contributed by atoms with E-state index in [-0.39, 0.29) is 10.5 Å². The van der Waals surface area contributed by atoms with Gasteiger partial charge in [0, 0.05) is 18.1 Å². The van der Waals surface area contributed by atoms with Crippen molar-refractivity contribution < 1.29 is 8.84 Å². The molecule has 2 rings (SSSR count). The second-order valence-corrected chi connectivity index (χ2v) is 14.0. The number of furan rings is 1. The van der Waals surface area contributed by atoms with Crippen molar-refractivity contribution in [3.8, 4) is 0 Å². The SMILES string of the molecule is CC1(C)CCCC(CO[Si](C)(C)C(C)(C)C)/C1=C\c1ccoc1. The van der Waals surface area contributed by atoms with Crippen molar-refractivity contribution in [2.75, 3.05) is 6.61 Å². The van der Waals surface area contributed by atoms with E-state index in [0.29, 0.717) is 5.92 Å². The van der Waals surface area contributed by atoms with E-state index in [1.54, 1.807) is 6.26 Å². The van der Waals surface area contributed by atoms with Gasteiger partial charge in [-0.1, -0.05) is 52.7 Å². The molecule has 2 nitrogen and oxygen atoms in total. The lowest BCUT2D eigenvalue weighted by Crippen LogP contribution is -2.43. The van der Waals surface area contributed by atoms with E-state index in [1.165, 1.54) is 30.4 Å². The first-order chi connectivity index (χ1) is 10.5. The van der Waals surface area contributed by atoms with Crippen molar-refractivity contribution in [2.45, 2.75) is 72.0 Å². The lowest BCUT2D eigenvalue weighted by Gasteiger charge is -2.42. The van der Waals surface area contributed by atoms with Crippen LogP contribution in [-0.2, 0) is 4.43 Å². The summed E-state index contributed by atoms with van der Waals surface area (Å²) >= 11 is 0. The molecular formula is C20H34O2Si. The molecule has 0 saturated heterocycles. The summed E-state index contributed by atoms with van der Waals surface area (Å²) < 4.78 is 11.8. The predicted molar refractivity (Wildman–Crippen MR) is 101 cm³/mol. The molecule has 1 atom stereocenters. The van der Waals surface area contributed by atoms with Gasteiger partial charge in [-0.2, -0.15) is 0 Å². The van der Waals surface area contributed by atoms with Gasteiger partial charge >= 0.3 is 0 Å². The van der Waals surface area contributed by atoms with Gasteiger partial charge < -0.3 is 8.84 Å². The van der Waals surface area contributed by atoms with Crippen molar-refractivity contribution >= 4 is 14.4 Å². The molecule has 1 aromatic heterocycles. The second-order valence-electron chi connectivity index (χ2n) is 9.20. The predicted octanol–water partition coefficient (Wildman–Crippen LogP) is 6.51. The van der Waals surface area contributed by atoms with Gasteiger partial charge in [0.05, 0.1) is 12.5 Å². The zero-order chi connectivity index (χ0) is 17.3. The largest absolute Gasteiger partial charge is 0.472 e. The van der Waals surface area contributed by atoms with Crippen LogP contribution in [0.4, 0.5) is 0 Å². The highest BCUT2D eigenvalue weighted by molar-refractivity contribution is 6.74. The van der Waals surface area contributed by atoms with E-state index in [2.05, 4.69) is 53.8 Å². The smallest absolute Gasteiger partial charge is 0.192 e. The summed E-state index contributed by atoms with van der Waals surface area (Å²) in [4.78, 5) is 0. The molecule has 1 aromatic rings. The molecule has 130 valence electrons. The van der Waals surface area contributed by atoms with Crippen LogP contribution in [-0.4, -0.2) is 14.9 Å². The van der Waals surface area contributed by atoms with Crippen LogP contribution >= 0.6 is 0 Å². The van der Waals surface area contributed by atoms with Crippen molar-refractivity contribution in [2.24, 2.45) is 11.3 Å². The van der Waals surface area contributed by atoms with E-state index in [0.717, 1.165) is 6.61 Å². The number of hydrogen-bond acceptors (Lipinski definition) is 2. The standard InChI is InChI=1S/C20H34O2Si/c1-19(2,3)23(6,7)22-15-17-9-8-11-20(4,5)18(17)13-16-10-12-21-14-16/h10,12-14,17H,8-9,11,15H2,1-7H3/b18-13+. The maximum Gasteiger partial charge on any atom is 0.192 e. The van der Waals surface area contributed by atoms with E-state index >= 15 is 0 Å². The summed E-state index contributed by atoms with van der Waals surface area (Å²) in [5.74, 6) is 0.530. The summed E-state index contributed by atoms with van der Waals surface area (Å²) in [6, 6.07) is 2.05. The number of rotatable bonds is 4. The van der Waals surface area contributed by atoms with Gasteiger partial charge in [0.2, 0.25) is 0 Å². The quantitative estimate of drug-likeness (QED) is 0.585. The Bertz CT molecular complexity index is 532. The molecule has 1 heterocycles. The molecule has 0 aromatic carbocycles. The van der Waals surface area contributed by atoms with E-state index < -0.39 is 8.32 Å². The Morgan fingerprint density at radius 2 is 2.04 bits per heavy atom. The van der Waals surface area contributed by atoms with Gasteiger partial charge in [0.15, 0.2) is 8.32 Å². The Morgan fingerprint density at radius 1 is 1.35 bits per heavy atom. The zero-order valence-electron chi connectivity index (χ0n) is 16.0. The van der Waals surface area contributed by atoms with Crippen LogP contribution in [0.25, 0.3) is 6.08 Å². The molecule has 0 amide bonds. The minimum absolute atomic E-state index is 0.247. The summed E-state index contributed by atoms with van der Waals surface area (Å²) in [6.07, 6.45) is 9.71. The normalized spacial score (nSPS) is 24.1. The van der Waals surface area contributed by atoms with Gasteiger partial charge in [0.25, 0.3) is 0 Å². The summed E-state index contributed by atoms with van der Waals surface area (Å²) in [7, 11) is -1.69. The zero-order valence-corrected chi connectivity index (χ0v) is 17.0. The van der Waals surface area contributed by atoms with Crippen LogP contribution in [0, 0.1) is 11.3 Å². The lowest BCUT2D eigenvalue weighted by atomic mass is 9.67. The Kier molecular flexibility index (Phi) is 5.32. The minimum atomic E-state index is -1.69. The van der Waals surface area contributed by atoms with Gasteiger partial charge in [0.1, 0.15) is 0 Å². The molecular weight excluding hydrogens is 300 g/mol. The second kappa shape index (κ2) is 6.60. The fourth-order valence-corrected chi connectivity index (χ4v) is 4.24. The van der Waals surface area contributed by atoms with Gasteiger partial charge in [-0.25, -0.2) is 0 Å². The van der Waals surface area contributed by atoms with Gasteiger partial charge in [-0.05, 0) is 42.5 Å². The molecule has 1 aliphatic rings. The molecule has 3 heteroatoms. The van der Waals surface area contributed by atoms with Crippen LogP contribution in [0.3, 0.4) is 0 Å². The van der Waals surface area contributed by atoms with Crippen LogP contribution in [0.1, 0.15) is 59.4 Å². The maximum atomic E-state index is 6.55. The Labute approximate surface area is 143 Å². The van der Waals surface area contributed by atoms with Crippen molar-refractivity contribution in [3.05, 3.63) is 29.7 Å². The van der Waals surface area contributed by atoms with Crippen molar-refractivity contribution in [1.29, 1.82) is 0 Å². The molecule has 1 unspecified atom stereocenters. The van der Waals surface area contributed by atoms with Crippen LogP contribution in [0.2, 0.25) is 18.1 Å². The summed E-state index contributed by atoms with van der Waals surface area (Å²) in [5.41, 5.74) is 2.95. The molecule has 1 aliphatic carbocycles. The van der Waals surface area contributed by atoms with E-state index in [9.17, 15) is 0 Å². The molecule has 23 heavy (non-hydrogen) atoms. The summed E-state index contributed by atoms with van der Waals surface area (Å²) in [6.45, 7) is 17.2. The maximum absolute atomic E-state index is 6.55. The fourth-order valence-electron chi connectivity index (χ4n) is 3.19. The van der Waals surface area contributed by atoms with Crippen molar-refractivity contribution in [1.82, 2.24) is 0 Å². The van der Waals surface area contributed by atoms with Crippen LogP contribution in [0.5, 0.6) is 0 Å². The topological polar surface area (TPSA) is 22.4 Å². The van der Waals surface area contributed by atoms with E-state index in [4.69, 9.17) is 8.84 Å². The third kappa shape index (κ3) is 4.39. The van der Waals surface area contributed by atoms with Crippen LogP contribution in [0.15, 0.2) is 28.6 Å². The minimum Gasteiger partial charge on any atom is -0.472 e. The Balaban J connectivity index is 2.18. The summed E-state index contributed by atoms with van der Waals surface area (Å²) in [5, 5.41) is 0.269. The molecule has 1 fully saturated rings. The monoisotopic (exact) mass is 334 g/mol. The first-order valence-electron chi connectivity index (χ1n) is 8.91. The molecule has 0 spiro atoms. The Morgan fingerprint density at radius 3 is 2.61 bits per heavy atom. The van der Waals surface area contributed by atoms with Crippen molar-refractivity contribution in [3.63, 3.8) is 0 Å². The van der Waals surface area contributed by atoms with Crippen LogP contribution < -0.4 is 0 Å². The first kappa shape index (κ1) is 18.5. The molecule has 1 saturated carbocycles. The van der Waals surface area contributed by atoms with Gasteiger partial charge in [-0.15, -0.1) is 0 Å². The van der Waals surface area contributed by atoms with Gasteiger partial charge in [-0.3, -0.25) is 0 Å². The highest BCUT2D eigenvalue weighted by Gasteiger charge is 2.39. The third-order valence-corrected chi connectivity index (χ3v) is 10.4. The lowest BCUT2D eigenvalue weighted by molar-refractivity contribution is 0.189. The molecule has 0 N–H and O–H groups in total. The van der Waals surface area contributed by atoms with E-state index in [1.807, 2.05) is 12.3 Å². The Hall–Kier alpha value is -0.803. The first-order valence-corrected chi connectivity index (χ1v) is 11.8. The third-order valence-electron chi connectivity index (χ3n) is 5.89. The highest BCUT2D eigenvalue weighted by atomic mass is 28.4. The highest BCUT2D eigenvalue weighted by Crippen LogP contribution is 2.45.